The molecule has 1 unspecified atom stereocenters. The molecule has 0 saturated heterocycles. The van der Waals surface area contributed by atoms with Gasteiger partial charge in [0.15, 0.2) is 0 Å². The van der Waals surface area contributed by atoms with Crippen LogP contribution in [0.3, 0.4) is 0 Å². The number of carbonyl (C=O) groups excluding carboxylic acids is 1. The molecule has 5 heteroatoms. The minimum atomic E-state index is -0.374. The van der Waals surface area contributed by atoms with E-state index in [1.54, 1.807) is 11.8 Å². The number of fused-ring (bicyclic) bond motifs is 1. The Morgan fingerprint density at radius 3 is 2.35 bits per heavy atom. The van der Waals surface area contributed by atoms with Crippen LogP contribution in [0.5, 0.6) is 0 Å². The highest BCUT2D eigenvalue weighted by Crippen LogP contribution is 2.28. The fraction of sp³-hybridized carbons (Fsp3) is 0.0556. The molecule has 0 saturated carbocycles. The second-order valence-electron chi connectivity index (χ2n) is 5.21. The number of anilines is 1. The molecule has 3 aromatic rings. The van der Waals surface area contributed by atoms with E-state index in [1.807, 2.05) is 72.8 Å². The van der Waals surface area contributed by atoms with E-state index >= 15 is 0 Å². The first-order valence-corrected chi connectivity index (χ1v) is 8.15. The molecule has 1 N–H and O–H groups in total. The maximum absolute atomic E-state index is 12.6. The zero-order chi connectivity index (χ0) is 15.6. The van der Waals surface area contributed by atoms with Crippen LogP contribution < -0.4 is 10.00 Å². The zero-order valence-corrected chi connectivity index (χ0v) is 13.0. The van der Waals surface area contributed by atoms with E-state index in [0.29, 0.717) is 0 Å². The van der Waals surface area contributed by atoms with Crippen LogP contribution >= 0.6 is 11.8 Å². The summed E-state index contributed by atoms with van der Waals surface area (Å²) >= 11 is 1.54. The van der Waals surface area contributed by atoms with Gasteiger partial charge in [-0.3, -0.25) is 5.32 Å². The molecule has 0 spiro atoms. The lowest BCUT2D eigenvalue weighted by atomic mass is 10.1. The van der Waals surface area contributed by atoms with E-state index in [2.05, 4.69) is 10.4 Å². The predicted octanol–water partition coefficient (Wildman–Crippen LogP) is 3.33. The highest BCUT2D eigenvalue weighted by Gasteiger charge is 2.40. The second-order valence-corrected chi connectivity index (χ2v) is 6.30. The third kappa shape index (κ3) is 2.71. The summed E-state index contributed by atoms with van der Waals surface area (Å²) in [6.07, 6.45) is 0. The second kappa shape index (κ2) is 5.85. The van der Waals surface area contributed by atoms with Crippen molar-refractivity contribution in [1.82, 2.24) is 5.10 Å². The average molecular weight is 320 g/mol. The van der Waals surface area contributed by atoms with Gasteiger partial charge in [0.2, 0.25) is 6.04 Å². The van der Waals surface area contributed by atoms with Crippen molar-refractivity contribution in [3.63, 3.8) is 0 Å². The maximum atomic E-state index is 12.6. The van der Waals surface area contributed by atoms with E-state index in [-0.39, 0.29) is 11.9 Å². The number of nitrogens with one attached hydrogen (secondary N) is 1. The first-order chi connectivity index (χ1) is 11.3. The van der Waals surface area contributed by atoms with Crippen LogP contribution in [0.1, 0.15) is 16.4 Å². The Morgan fingerprint density at radius 1 is 0.913 bits per heavy atom. The Kier molecular flexibility index (Phi) is 3.55. The molecular weight excluding hydrogens is 306 g/mol. The molecule has 4 rings (SSSR count). The summed E-state index contributed by atoms with van der Waals surface area (Å²) in [5.74, 6) is 0.669. The summed E-state index contributed by atoms with van der Waals surface area (Å²) < 4.78 is 1.46. The Bertz CT molecular complexity index is 853. The molecule has 2 heterocycles. The fourth-order valence-electron chi connectivity index (χ4n) is 2.55. The SMILES string of the molecule is O=C1C(c2ccccc2)Nc2ccc(Sc3ccccc3)n[n+]21. The number of rotatable bonds is 3. The van der Waals surface area contributed by atoms with Gasteiger partial charge < -0.3 is 0 Å². The summed E-state index contributed by atoms with van der Waals surface area (Å²) in [6, 6.07) is 23.2. The van der Waals surface area contributed by atoms with Gasteiger partial charge in [0.25, 0.3) is 0 Å². The van der Waals surface area contributed by atoms with Crippen molar-refractivity contribution in [1.29, 1.82) is 0 Å². The summed E-state index contributed by atoms with van der Waals surface area (Å²) in [5, 5.41) is 8.50. The van der Waals surface area contributed by atoms with Crippen LogP contribution in [0.2, 0.25) is 0 Å². The maximum Gasteiger partial charge on any atom is 0.384 e. The van der Waals surface area contributed by atoms with Crippen molar-refractivity contribution in [2.24, 2.45) is 0 Å². The molecule has 0 fully saturated rings. The quantitative estimate of drug-likeness (QED) is 0.752. The monoisotopic (exact) mass is 320 g/mol. The molecule has 0 amide bonds. The van der Waals surface area contributed by atoms with Gasteiger partial charge in [-0.15, -0.1) is 0 Å². The van der Waals surface area contributed by atoms with Crippen LogP contribution in [-0.4, -0.2) is 11.0 Å². The van der Waals surface area contributed by atoms with E-state index < -0.39 is 0 Å². The molecule has 1 atom stereocenters. The van der Waals surface area contributed by atoms with Crippen LogP contribution in [0.25, 0.3) is 0 Å². The van der Waals surface area contributed by atoms with Crippen LogP contribution in [0, 0.1) is 0 Å². The molecule has 0 bridgehead atoms. The standard InChI is InChI=1S/C18H13N3OS/c22-18-17(13-7-3-1-4-8-13)19-15-11-12-16(20-21(15)18)23-14-9-5-2-6-10-14/h1-12,17H/p+1. The third-order valence-corrected chi connectivity index (χ3v) is 4.59. The Morgan fingerprint density at radius 2 is 1.61 bits per heavy atom. The van der Waals surface area contributed by atoms with Gasteiger partial charge in [0.1, 0.15) is 5.03 Å². The molecule has 1 aliphatic rings. The lowest BCUT2D eigenvalue weighted by Gasteiger charge is -2.01. The number of hydrogen-bond acceptors (Lipinski definition) is 4. The van der Waals surface area contributed by atoms with Gasteiger partial charge in [-0.25, -0.2) is 4.79 Å². The van der Waals surface area contributed by atoms with Crippen molar-refractivity contribution >= 4 is 23.5 Å². The topological polar surface area (TPSA) is 45.9 Å². The zero-order valence-electron chi connectivity index (χ0n) is 12.2. The number of carbonyl (C=O) groups is 1. The number of benzene rings is 2. The third-order valence-electron chi connectivity index (χ3n) is 3.66. The summed E-state index contributed by atoms with van der Waals surface area (Å²) in [5.41, 5.74) is 0.945. The molecule has 2 aromatic carbocycles. The largest absolute Gasteiger partial charge is 0.384 e. The van der Waals surface area contributed by atoms with Crippen molar-refractivity contribution in [3.05, 3.63) is 78.4 Å². The highest BCUT2D eigenvalue weighted by atomic mass is 32.2. The molecule has 23 heavy (non-hydrogen) atoms. The summed E-state index contributed by atoms with van der Waals surface area (Å²) in [7, 11) is 0. The highest BCUT2D eigenvalue weighted by molar-refractivity contribution is 7.99. The van der Waals surface area contributed by atoms with Gasteiger partial charge in [-0.2, -0.15) is 0 Å². The van der Waals surface area contributed by atoms with Gasteiger partial charge in [-0.05, 0) is 18.2 Å². The van der Waals surface area contributed by atoms with Crippen molar-refractivity contribution in [2.45, 2.75) is 16.0 Å². The number of aromatic nitrogens is 2. The Balaban J connectivity index is 1.62. The van der Waals surface area contributed by atoms with Crippen LogP contribution in [0.4, 0.5) is 5.82 Å². The minimum Gasteiger partial charge on any atom is -0.254 e. The van der Waals surface area contributed by atoms with Crippen molar-refractivity contribution < 1.29 is 9.48 Å². The molecule has 112 valence electrons. The van der Waals surface area contributed by atoms with Crippen LogP contribution in [0.15, 0.2) is 82.7 Å². The van der Waals surface area contributed by atoms with Gasteiger partial charge in [0.05, 0.1) is 0 Å². The number of hydrogen-bond donors (Lipinski definition) is 1. The Hall–Kier alpha value is -2.66. The first-order valence-electron chi connectivity index (χ1n) is 7.33. The Labute approximate surface area is 138 Å². The van der Waals surface area contributed by atoms with Crippen LogP contribution in [-0.2, 0) is 0 Å². The molecule has 0 aliphatic carbocycles. The molecule has 1 aliphatic heterocycles. The molecule has 0 radical (unpaired) electrons. The van der Waals surface area contributed by atoms with E-state index in [4.69, 9.17) is 0 Å². The van der Waals surface area contributed by atoms with Gasteiger partial charge in [-0.1, -0.05) is 70.1 Å². The first kappa shape index (κ1) is 14.0. The molecular formula is C18H14N3OS+. The lowest BCUT2D eigenvalue weighted by Crippen LogP contribution is -2.44. The predicted molar refractivity (Wildman–Crippen MR) is 88.4 cm³/mol. The van der Waals surface area contributed by atoms with Crippen molar-refractivity contribution in [3.8, 4) is 0 Å². The average Bonchev–Trinajstić information content (AvgIpc) is 2.93. The van der Waals surface area contributed by atoms with E-state index in [1.165, 1.54) is 4.68 Å². The normalized spacial score (nSPS) is 16.0. The van der Waals surface area contributed by atoms with E-state index in [0.717, 1.165) is 21.3 Å². The lowest BCUT2D eigenvalue weighted by molar-refractivity contribution is -0.621. The summed E-state index contributed by atoms with van der Waals surface area (Å²) in [6.45, 7) is 0. The van der Waals surface area contributed by atoms with Gasteiger partial charge in [0, 0.05) is 16.5 Å². The molecule has 4 nitrogen and oxygen atoms in total. The fourth-order valence-corrected chi connectivity index (χ4v) is 3.34. The van der Waals surface area contributed by atoms with Crippen molar-refractivity contribution in [2.75, 3.05) is 5.32 Å². The summed E-state index contributed by atoms with van der Waals surface area (Å²) in [4.78, 5) is 13.7. The smallest absolute Gasteiger partial charge is 0.254 e. The molecule has 1 aromatic heterocycles. The minimum absolute atomic E-state index is 0.0540. The number of nitrogens with zero attached hydrogens (tertiary/aromatic N) is 2. The van der Waals surface area contributed by atoms with Gasteiger partial charge >= 0.3 is 11.7 Å². The van der Waals surface area contributed by atoms with E-state index in [9.17, 15) is 4.79 Å².